The van der Waals surface area contributed by atoms with E-state index in [2.05, 4.69) is 15.7 Å². The monoisotopic (exact) mass is 446 g/mol. The van der Waals surface area contributed by atoms with Gasteiger partial charge < -0.3 is 10.6 Å². The molecule has 0 aliphatic carbocycles. The Hall–Kier alpha value is -2.54. The van der Waals surface area contributed by atoms with Gasteiger partial charge in [-0.25, -0.2) is 4.68 Å². The molecule has 0 saturated heterocycles. The maximum atomic E-state index is 13.1. The smallest absolute Gasteiger partial charge is 0.240 e. The molecule has 0 saturated carbocycles. The first-order valence-corrected chi connectivity index (χ1v) is 9.93. The largest absolute Gasteiger partial charge is 0.325 e. The summed E-state index contributed by atoms with van der Waals surface area (Å²) in [5.74, 6) is -0.0744. The number of hydrogen-bond acceptors (Lipinski definition) is 3. The van der Waals surface area contributed by atoms with Crippen molar-refractivity contribution in [3.8, 4) is 0 Å². The van der Waals surface area contributed by atoms with Crippen molar-refractivity contribution in [3.63, 3.8) is 0 Å². The van der Waals surface area contributed by atoms with Crippen LogP contribution in [0.3, 0.4) is 0 Å². The summed E-state index contributed by atoms with van der Waals surface area (Å²) in [6.45, 7) is 0.311. The predicted molar refractivity (Wildman–Crippen MR) is 112 cm³/mol. The van der Waals surface area contributed by atoms with Crippen LogP contribution in [0, 0.1) is 0 Å². The van der Waals surface area contributed by atoms with Crippen molar-refractivity contribution < 1.29 is 9.59 Å². The van der Waals surface area contributed by atoms with Gasteiger partial charge in [0.25, 0.3) is 0 Å². The molecule has 0 bridgehead atoms. The van der Waals surface area contributed by atoms with Gasteiger partial charge in [0.05, 0.1) is 12.7 Å². The van der Waals surface area contributed by atoms with Crippen LogP contribution in [0.4, 0.5) is 11.5 Å². The minimum Gasteiger partial charge on any atom is -0.325 e. The first-order chi connectivity index (χ1) is 13.9. The highest BCUT2D eigenvalue weighted by atomic mass is 35.5. The second-order valence-electron chi connectivity index (χ2n) is 7.07. The Morgan fingerprint density at radius 1 is 1.00 bits per heavy atom. The van der Waals surface area contributed by atoms with E-state index < -0.39 is 5.41 Å². The Balaban J connectivity index is 1.65. The molecule has 2 aliphatic heterocycles. The minimum atomic E-state index is -1.17. The van der Waals surface area contributed by atoms with Crippen LogP contribution in [-0.4, -0.2) is 21.6 Å². The maximum Gasteiger partial charge on any atom is 0.240 e. The standard InChI is InChI=1S/C20H13Cl3N4O2/c21-11-3-4-16-13(5-11)20(19(29)25-16)7-17(28)26-18-14(20)8-24-27(18)9-10-1-2-12(22)6-15(10)23/h1-6,8H,7,9H2,(H,25,29)(H,26,28). The average molecular weight is 448 g/mol. The van der Waals surface area contributed by atoms with Crippen molar-refractivity contribution in [2.75, 3.05) is 10.6 Å². The number of carbonyl (C=O) groups is 2. The molecule has 29 heavy (non-hydrogen) atoms. The van der Waals surface area contributed by atoms with E-state index in [1.807, 2.05) is 0 Å². The molecular formula is C20H13Cl3N4O2. The lowest BCUT2D eigenvalue weighted by Crippen LogP contribution is -2.43. The highest BCUT2D eigenvalue weighted by Crippen LogP contribution is 2.50. The van der Waals surface area contributed by atoms with E-state index in [4.69, 9.17) is 34.8 Å². The van der Waals surface area contributed by atoms with E-state index in [-0.39, 0.29) is 18.2 Å². The highest BCUT2D eigenvalue weighted by Gasteiger charge is 2.54. The molecular weight excluding hydrogens is 435 g/mol. The van der Waals surface area contributed by atoms with Gasteiger partial charge in [0.2, 0.25) is 11.8 Å². The third-order valence-corrected chi connectivity index (χ3v) is 6.22. The maximum absolute atomic E-state index is 13.1. The molecule has 6 nitrogen and oxygen atoms in total. The molecule has 2 N–H and O–H groups in total. The lowest BCUT2D eigenvalue weighted by atomic mass is 9.72. The lowest BCUT2D eigenvalue weighted by Gasteiger charge is -2.31. The summed E-state index contributed by atoms with van der Waals surface area (Å²) in [5, 5.41) is 11.7. The number of aromatic nitrogens is 2. The fourth-order valence-electron chi connectivity index (χ4n) is 4.05. The summed E-state index contributed by atoms with van der Waals surface area (Å²) in [6, 6.07) is 10.4. The van der Waals surface area contributed by atoms with E-state index in [0.29, 0.717) is 44.2 Å². The third-order valence-electron chi connectivity index (χ3n) is 5.40. The van der Waals surface area contributed by atoms with Gasteiger partial charge in [0.15, 0.2) is 0 Å². The lowest BCUT2D eigenvalue weighted by molar-refractivity contribution is -0.125. The molecule has 1 aromatic heterocycles. The first-order valence-electron chi connectivity index (χ1n) is 8.80. The SMILES string of the molecule is O=C1CC2(C(=O)Nc3ccc(Cl)cc32)c2cnn(Cc3ccc(Cl)cc3Cl)c2N1. The molecule has 1 spiro atoms. The number of hydrogen-bond donors (Lipinski definition) is 2. The Morgan fingerprint density at radius 3 is 2.55 bits per heavy atom. The normalized spacial score (nSPS) is 19.7. The molecule has 0 fully saturated rings. The molecule has 2 aromatic carbocycles. The summed E-state index contributed by atoms with van der Waals surface area (Å²) in [5.41, 5.74) is 1.57. The van der Waals surface area contributed by atoms with Gasteiger partial charge in [-0.05, 0) is 41.5 Å². The van der Waals surface area contributed by atoms with Gasteiger partial charge >= 0.3 is 0 Å². The number of fused-ring (bicyclic) bond motifs is 4. The van der Waals surface area contributed by atoms with E-state index in [0.717, 1.165) is 5.56 Å². The second kappa shape index (κ2) is 6.49. The molecule has 3 heterocycles. The zero-order valence-electron chi connectivity index (χ0n) is 14.8. The predicted octanol–water partition coefficient (Wildman–Crippen LogP) is 4.47. The Bertz CT molecular complexity index is 1210. The fraction of sp³-hybridized carbons (Fsp3) is 0.150. The van der Waals surface area contributed by atoms with Crippen molar-refractivity contribution in [1.82, 2.24) is 9.78 Å². The minimum absolute atomic E-state index is 0.0213. The number of amides is 2. The molecule has 0 radical (unpaired) electrons. The van der Waals surface area contributed by atoms with Gasteiger partial charge in [0.1, 0.15) is 11.2 Å². The fourth-order valence-corrected chi connectivity index (χ4v) is 4.69. The molecule has 5 rings (SSSR count). The van der Waals surface area contributed by atoms with Crippen LogP contribution in [0.25, 0.3) is 0 Å². The third kappa shape index (κ3) is 2.74. The Kier molecular flexibility index (Phi) is 4.13. The molecule has 3 aromatic rings. The van der Waals surface area contributed by atoms with Crippen LogP contribution in [-0.2, 0) is 21.5 Å². The highest BCUT2D eigenvalue weighted by molar-refractivity contribution is 6.35. The molecule has 1 atom stereocenters. The summed E-state index contributed by atoms with van der Waals surface area (Å²) < 4.78 is 1.62. The van der Waals surface area contributed by atoms with Crippen molar-refractivity contribution in [2.24, 2.45) is 0 Å². The van der Waals surface area contributed by atoms with Crippen LogP contribution in [0.2, 0.25) is 15.1 Å². The van der Waals surface area contributed by atoms with Crippen LogP contribution < -0.4 is 10.6 Å². The number of nitrogens with one attached hydrogen (secondary N) is 2. The molecule has 146 valence electrons. The van der Waals surface area contributed by atoms with E-state index >= 15 is 0 Å². The number of halogens is 3. The van der Waals surface area contributed by atoms with Crippen LogP contribution in [0.1, 0.15) is 23.1 Å². The molecule has 2 aliphatic rings. The average Bonchev–Trinajstić information content (AvgIpc) is 3.18. The van der Waals surface area contributed by atoms with Crippen molar-refractivity contribution in [1.29, 1.82) is 0 Å². The Morgan fingerprint density at radius 2 is 1.76 bits per heavy atom. The number of anilines is 2. The van der Waals surface area contributed by atoms with Crippen LogP contribution in [0.5, 0.6) is 0 Å². The van der Waals surface area contributed by atoms with Gasteiger partial charge in [0, 0.05) is 32.7 Å². The van der Waals surface area contributed by atoms with Crippen molar-refractivity contribution >= 4 is 58.1 Å². The summed E-state index contributed by atoms with van der Waals surface area (Å²) in [6.07, 6.45) is 1.60. The van der Waals surface area contributed by atoms with Gasteiger partial charge in [-0.1, -0.05) is 40.9 Å². The quantitative estimate of drug-likeness (QED) is 0.608. The molecule has 9 heteroatoms. The molecule has 1 unspecified atom stereocenters. The van der Waals surface area contributed by atoms with E-state index in [9.17, 15) is 9.59 Å². The van der Waals surface area contributed by atoms with E-state index in [1.165, 1.54) is 0 Å². The second-order valence-corrected chi connectivity index (χ2v) is 8.35. The first kappa shape index (κ1) is 18.5. The zero-order valence-corrected chi connectivity index (χ0v) is 17.1. The van der Waals surface area contributed by atoms with Gasteiger partial charge in [-0.15, -0.1) is 0 Å². The summed E-state index contributed by atoms with van der Waals surface area (Å²) in [7, 11) is 0. The summed E-state index contributed by atoms with van der Waals surface area (Å²) in [4.78, 5) is 25.7. The Labute approximate surface area is 180 Å². The van der Waals surface area contributed by atoms with Gasteiger partial charge in [-0.2, -0.15) is 5.10 Å². The topological polar surface area (TPSA) is 76.0 Å². The van der Waals surface area contributed by atoms with E-state index in [1.54, 1.807) is 47.3 Å². The van der Waals surface area contributed by atoms with Crippen LogP contribution in [0.15, 0.2) is 42.6 Å². The number of rotatable bonds is 2. The number of nitrogens with zero attached hydrogens (tertiary/aromatic N) is 2. The number of carbonyl (C=O) groups excluding carboxylic acids is 2. The number of benzene rings is 2. The molecule has 2 amide bonds. The zero-order chi connectivity index (χ0) is 20.3. The summed E-state index contributed by atoms with van der Waals surface area (Å²) >= 11 is 18.5. The van der Waals surface area contributed by atoms with Crippen molar-refractivity contribution in [3.05, 3.63) is 74.4 Å². The van der Waals surface area contributed by atoms with Crippen molar-refractivity contribution in [2.45, 2.75) is 18.4 Å². The van der Waals surface area contributed by atoms with Gasteiger partial charge in [-0.3, -0.25) is 9.59 Å². The van der Waals surface area contributed by atoms with Crippen LogP contribution >= 0.6 is 34.8 Å².